The first kappa shape index (κ1) is 18.4. The van der Waals surface area contributed by atoms with Crippen molar-refractivity contribution in [1.29, 1.82) is 0 Å². The highest BCUT2D eigenvalue weighted by molar-refractivity contribution is 6.01. The number of aliphatic hydroxyl groups is 2. The molecule has 1 unspecified atom stereocenters. The maximum absolute atomic E-state index is 11.4. The van der Waals surface area contributed by atoms with Crippen LogP contribution in [0.25, 0.3) is 0 Å². The lowest BCUT2D eigenvalue weighted by Crippen LogP contribution is -2.51. The van der Waals surface area contributed by atoms with E-state index in [4.69, 9.17) is 14.9 Å². The molecule has 1 heterocycles. The van der Waals surface area contributed by atoms with Gasteiger partial charge in [0.05, 0.1) is 13.0 Å². The molecular formula is C15H25NO4. The molecule has 1 aromatic carbocycles. The zero-order chi connectivity index (χ0) is 15.5. The van der Waals surface area contributed by atoms with Gasteiger partial charge in [-0.15, -0.1) is 0 Å². The van der Waals surface area contributed by atoms with Gasteiger partial charge in [-0.2, -0.15) is 0 Å². The van der Waals surface area contributed by atoms with Gasteiger partial charge in [0, 0.05) is 25.9 Å². The topological polar surface area (TPSA) is 70.0 Å². The lowest BCUT2D eigenvalue weighted by Gasteiger charge is -2.36. The van der Waals surface area contributed by atoms with Gasteiger partial charge in [0.25, 0.3) is 0 Å². The summed E-state index contributed by atoms with van der Waals surface area (Å²) in [5.41, 5.74) is 0.953. The van der Waals surface area contributed by atoms with Crippen LogP contribution in [-0.2, 0) is 4.79 Å². The van der Waals surface area contributed by atoms with E-state index in [1.54, 1.807) is 12.0 Å². The predicted molar refractivity (Wildman–Crippen MR) is 80.0 cm³/mol. The number of anilines is 1. The maximum atomic E-state index is 11.4. The Bertz CT molecular complexity index is 376. The van der Waals surface area contributed by atoms with Gasteiger partial charge in [-0.25, -0.2) is 0 Å². The van der Waals surface area contributed by atoms with Crippen LogP contribution in [0.1, 0.15) is 20.3 Å². The zero-order valence-corrected chi connectivity index (χ0v) is 12.7. The van der Waals surface area contributed by atoms with E-state index in [1.165, 1.54) is 0 Å². The average molecular weight is 283 g/mol. The molecule has 1 saturated heterocycles. The second-order valence-electron chi connectivity index (χ2n) is 4.27. The first-order chi connectivity index (χ1) is 9.63. The van der Waals surface area contributed by atoms with E-state index in [-0.39, 0.29) is 11.8 Å². The van der Waals surface area contributed by atoms with Crippen molar-refractivity contribution in [3.05, 3.63) is 24.3 Å². The third kappa shape index (κ3) is 5.19. The quantitative estimate of drug-likeness (QED) is 0.828. The summed E-state index contributed by atoms with van der Waals surface area (Å²) in [7, 11) is 2.63. The van der Waals surface area contributed by atoms with E-state index in [1.807, 2.05) is 38.1 Å². The average Bonchev–Trinajstić information content (AvgIpc) is 2.54. The lowest BCUT2D eigenvalue weighted by molar-refractivity contribution is -0.126. The molecule has 2 rings (SSSR count). The van der Waals surface area contributed by atoms with Crippen LogP contribution < -0.4 is 9.64 Å². The van der Waals surface area contributed by atoms with Crippen molar-refractivity contribution >= 4 is 11.6 Å². The fourth-order valence-corrected chi connectivity index (χ4v) is 1.59. The Labute approximate surface area is 120 Å². The number of carbonyl (C=O) groups excluding carboxylic acids is 1. The number of rotatable bonds is 3. The minimum atomic E-state index is 0.178. The minimum absolute atomic E-state index is 0.178. The van der Waals surface area contributed by atoms with Crippen LogP contribution in [0.3, 0.4) is 0 Å². The van der Waals surface area contributed by atoms with Gasteiger partial charge in [0.15, 0.2) is 0 Å². The lowest BCUT2D eigenvalue weighted by atomic mass is 10.0. The number of ether oxygens (including phenoxy) is 1. The van der Waals surface area contributed by atoms with Gasteiger partial charge in [-0.3, -0.25) is 4.79 Å². The summed E-state index contributed by atoms with van der Waals surface area (Å²) < 4.78 is 5.05. The highest BCUT2D eigenvalue weighted by atomic mass is 16.5. The second kappa shape index (κ2) is 10.2. The Morgan fingerprint density at radius 1 is 1.30 bits per heavy atom. The van der Waals surface area contributed by atoms with Gasteiger partial charge < -0.3 is 19.8 Å². The SMILES string of the molecule is CCCO.CO.COc1ccc(N2CC(C)C2=O)cc1. The molecule has 20 heavy (non-hydrogen) atoms. The van der Waals surface area contributed by atoms with Crippen LogP contribution in [-0.4, -0.2) is 43.5 Å². The summed E-state index contributed by atoms with van der Waals surface area (Å²) in [5.74, 6) is 1.20. The molecular weight excluding hydrogens is 258 g/mol. The van der Waals surface area contributed by atoms with Crippen LogP contribution in [0, 0.1) is 5.92 Å². The Kier molecular flexibility index (Phi) is 9.41. The van der Waals surface area contributed by atoms with Crippen molar-refractivity contribution in [1.82, 2.24) is 0 Å². The van der Waals surface area contributed by atoms with Crippen molar-refractivity contribution < 1.29 is 19.7 Å². The maximum Gasteiger partial charge on any atom is 0.231 e. The summed E-state index contributed by atoms with van der Waals surface area (Å²) in [6.45, 7) is 5.02. The molecule has 1 atom stereocenters. The van der Waals surface area contributed by atoms with E-state index in [0.29, 0.717) is 6.61 Å². The monoisotopic (exact) mass is 283 g/mol. The Morgan fingerprint density at radius 3 is 2.10 bits per heavy atom. The second-order valence-corrected chi connectivity index (χ2v) is 4.27. The molecule has 2 N–H and O–H groups in total. The van der Waals surface area contributed by atoms with Crippen LogP contribution in [0.5, 0.6) is 5.75 Å². The van der Waals surface area contributed by atoms with Crippen LogP contribution in [0.15, 0.2) is 24.3 Å². The van der Waals surface area contributed by atoms with E-state index < -0.39 is 0 Å². The third-order valence-electron chi connectivity index (χ3n) is 2.75. The van der Waals surface area contributed by atoms with Crippen LogP contribution in [0.2, 0.25) is 0 Å². The smallest absolute Gasteiger partial charge is 0.231 e. The molecule has 1 amide bonds. The van der Waals surface area contributed by atoms with Gasteiger partial charge in [0.2, 0.25) is 5.91 Å². The number of benzene rings is 1. The van der Waals surface area contributed by atoms with Crippen molar-refractivity contribution in [3.8, 4) is 5.75 Å². The molecule has 0 radical (unpaired) electrons. The number of hydrogen-bond donors (Lipinski definition) is 2. The number of aliphatic hydroxyl groups excluding tert-OH is 2. The molecule has 1 fully saturated rings. The zero-order valence-electron chi connectivity index (χ0n) is 12.7. The summed E-state index contributed by atoms with van der Waals surface area (Å²) >= 11 is 0. The fourth-order valence-electron chi connectivity index (χ4n) is 1.59. The number of carbonyl (C=O) groups is 1. The van der Waals surface area contributed by atoms with E-state index in [2.05, 4.69) is 0 Å². The molecule has 1 aliphatic rings. The molecule has 1 aliphatic heterocycles. The Balaban J connectivity index is 0.000000521. The van der Waals surface area contributed by atoms with Crippen molar-refractivity contribution in [2.24, 2.45) is 5.92 Å². The van der Waals surface area contributed by atoms with Gasteiger partial charge in [-0.1, -0.05) is 13.8 Å². The first-order valence-corrected chi connectivity index (χ1v) is 6.65. The fraction of sp³-hybridized carbons (Fsp3) is 0.533. The molecule has 114 valence electrons. The van der Waals surface area contributed by atoms with E-state index in [9.17, 15) is 4.79 Å². The molecule has 0 aromatic heterocycles. The highest BCUT2D eigenvalue weighted by Gasteiger charge is 2.33. The molecule has 0 spiro atoms. The number of amides is 1. The van der Waals surface area contributed by atoms with Crippen LogP contribution in [0.4, 0.5) is 5.69 Å². The van der Waals surface area contributed by atoms with Crippen LogP contribution >= 0.6 is 0 Å². The highest BCUT2D eigenvalue weighted by Crippen LogP contribution is 2.27. The number of nitrogens with zero attached hydrogens (tertiary/aromatic N) is 1. The normalized spacial score (nSPS) is 16.2. The Hall–Kier alpha value is -1.59. The van der Waals surface area contributed by atoms with Crippen molar-refractivity contribution in [2.75, 3.05) is 32.3 Å². The van der Waals surface area contributed by atoms with Crippen molar-refractivity contribution in [3.63, 3.8) is 0 Å². The Morgan fingerprint density at radius 2 is 1.80 bits per heavy atom. The van der Waals surface area contributed by atoms with E-state index in [0.717, 1.165) is 31.5 Å². The third-order valence-corrected chi connectivity index (χ3v) is 2.75. The van der Waals surface area contributed by atoms with Gasteiger partial charge in [0.1, 0.15) is 5.75 Å². The van der Waals surface area contributed by atoms with E-state index >= 15 is 0 Å². The number of hydrogen-bond acceptors (Lipinski definition) is 4. The molecule has 0 bridgehead atoms. The minimum Gasteiger partial charge on any atom is -0.497 e. The summed E-state index contributed by atoms with van der Waals surface area (Å²) in [5, 5.41) is 14.9. The standard InChI is InChI=1S/C11H13NO2.C3H8O.CH4O/c1-8-7-12(11(8)13)9-3-5-10(14-2)6-4-9;1-2-3-4;1-2/h3-6,8H,7H2,1-2H3;4H,2-3H2,1H3;2H,1H3. The molecule has 0 saturated carbocycles. The first-order valence-electron chi connectivity index (χ1n) is 6.65. The van der Waals surface area contributed by atoms with Gasteiger partial charge >= 0.3 is 0 Å². The number of methoxy groups -OCH3 is 1. The summed E-state index contributed by atoms with van der Waals surface area (Å²) in [4.78, 5) is 13.2. The molecule has 0 aliphatic carbocycles. The molecule has 5 nitrogen and oxygen atoms in total. The summed E-state index contributed by atoms with van der Waals surface area (Å²) in [6.07, 6.45) is 0.875. The summed E-state index contributed by atoms with van der Waals surface area (Å²) in [6, 6.07) is 7.54. The van der Waals surface area contributed by atoms with Gasteiger partial charge in [-0.05, 0) is 30.7 Å². The largest absolute Gasteiger partial charge is 0.497 e. The molecule has 1 aromatic rings. The number of β-lactam (4-membered cyclic amide) rings is 1. The predicted octanol–water partition coefficient (Wildman–Crippen LogP) is 1.68. The molecule has 5 heteroatoms. The van der Waals surface area contributed by atoms with Crippen molar-refractivity contribution in [2.45, 2.75) is 20.3 Å².